The summed E-state index contributed by atoms with van der Waals surface area (Å²) in [6.45, 7) is 3.98. The van der Waals surface area contributed by atoms with Crippen molar-refractivity contribution in [1.82, 2.24) is 4.98 Å². The first kappa shape index (κ1) is 10.1. The van der Waals surface area contributed by atoms with Gasteiger partial charge in [-0.05, 0) is 40.9 Å². The van der Waals surface area contributed by atoms with Gasteiger partial charge in [-0.15, -0.1) is 0 Å². The van der Waals surface area contributed by atoms with Crippen molar-refractivity contribution in [2.24, 2.45) is 0 Å². The van der Waals surface area contributed by atoms with E-state index in [1.807, 2.05) is 6.20 Å². The van der Waals surface area contributed by atoms with Gasteiger partial charge in [-0.1, -0.05) is 6.92 Å². The van der Waals surface area contributed by atoms with Crippen LogP contribution in [0.1, 0.15) is 25.5 Å². The number of halogens is 1. The first-order valence-electron chi connectivity index (χ1n) is 4.90. The summed E-state index contributed by atoms with van der Waals surface area (Å²) in [5.74, 6) is 0. The van der Waals surface area contributed by atoms with Gasteiger partial charge in [0, 0.05) is 35.0 Å². The van der Waals surface area contributed by atoms with Crippen molar-refractivity contribution in [3.63, 3.8) is 0 Å². The quantitative estimate of drug-likeness (QED) is 0.770. The first-order chi connectivity index (χ1) is 6.71. The molecule has 0 spiro atoms. The number of aromatic nitrogens is 1. The number of hydrogen-bond donors (Lipinski definition) is 0. The summed E-state index contributed by atoms with van der Waals surface area (Å²) in [6.07, 6.45) is 4.01. The molecule has 76 valence electrons. The lowest BCUT2D eigenvalue weighted by Gasteiger charge is -2.32. The highest BCUT2D eigenvalue weighted by atomic mass is 79.9. The third-order valence-corrected chi connectivity index (χ3v) is 3.41. The molecule has 0 atom stereocenters. The molecule has 14 heavy (non-hydrogen) atoms. The van der Waals surface area contributed by atoms with Gasteiger partial charge in [0.15, 0.2) is 0 Å². The van der Waals surface area contributed by atoms with Crippen molar-refractivity contribution < 1.29 is 4.74 Å². The van der Waals surface area contributed by atoms with Gasteiger partial charge in [-0.3, -0.25) is 4.98 Å². The van der Waals surface area contributed by atoms with Gasteiger partial charge in [-0.2, -0.15) is 0 Å². The summed E-state index contributed by atoms with van der Waals surface area (Å²) in [5, 5.41) is 0. The predicted octanol–water partition coefficient (Wildman–Crippen LogP) is 2.91. The molecule has 0 amide bonds. The fourth-order valence-electron chi connectivity index (χ4n) is 1.81. The van der Waals surface area contributed by atoms with Gasteiger partial charge >= 0.3 is 0 Å². The van der Waals surface area contributed by atoms with Crippen LogP contribution < -0.4 is 0 Å². The highest BCUT2D eigenvalue weighted by Crippen LogP contribution is 2.33. The molecule has 3 heteroatoms. The van der Waals surface area contributed by atoms with Crippen LogP contribution in [0, 0.1) is 0 Å². The average molecular weight is 256 g/mol. The molecule has 0 radical (unpaired) electrons. The van der Waals surface area contributed by atoms with Crippen LogP contribution >= 0.6 is 15.9 Å². The van der Waals surface area contributed by atoms with Gasteiger partial charge in [0.25, 0.3) is 0 Å². The van der Waals surface area contributed by atoms with Gasteiger partial charge in [0.05, 0.1) is 0 Å². The van der Waals surface area contributed by atoms with Crippen molar-refractivity contribution in [2.45, 2.75) is 25.2 Å². The van der Waals surface area contributed by atoms with Crippen molar-refractivity contribution in [3.8, 4) is 0 Å². The molecule has 2 heterocycles. The maximum Gasteiger partial charge on any atom is 0.0475 e. The molecule has 1 aliphatic rings. The lowest BCUT2D eigenvalue weighted by Crippen LogP contribution is -2.31. The van der Waals surface area contributed by atoms with Gasteiger partial charge in [-0.25, -0.2) is 0 Å². The van der Waals surface area contributed by atoms with E-state index in [4.69, 9.17) is 4.74 Å². The van der Waals surface area contributed by atoms with Crippen LogP contribution in [0.15, 0.2) is 22.8 Å². The number of rotatable bonds is 1. The summed E-state index contributed by atoms with van der Waals surface area (Å²) in [6, 6.07) is 4.17. The highest BCUT2D eigenvalue weighted by Gasteiger charge is 2.30. The summed E-state index contributed by atoms with van der Waals surface area (Å²) in [7, 11) is 0. The molecule has 0 bridgehead atoms. The van der Waals surface area contributed by atoms with Crippen LogP contribution in [-0.4, -0.2) is 18.2 Å². The number of pyridine rings is 1. The fourth-order valence-corrected chi connectivity index (χ4v) is 2.05. The Balaban J connectivity index is 2.23. The molecule has 0 N–H and O–H groups in total. The van der Waals surface area contributed by atoms with E-state index in [2.05, 4.69) is 40.0 Å². The van der Waals surface area contributed by atoms with Crippen LogP contribution in [0.4, 0.5) is 0 Å². The maximum atomic E-state index is 5.37. The highest BCUT2D eigenvalue weighted by molar-refractivity contribution is 9.10. The Morgan fingerprint density at radius 1 is 1.36 bits per heavy atom. The van der Waals surface area contributed by atoms with Crippen molar-refractivity contribution in [1.29, 1.82) is 0 Å². The van der Waals surface area contributed by atoms with Gasteiger partial charge in [0.1, 0.15) is 0 Å². The van der Waals surface area contributed by atoms with Crippen molar-refractivity contribution in [2.75, 3.05) is 13.2 Å². The zero-order chi connectivity index (χ0) is 10.0. The predicted molar refractivity (Wildman–Crippen MR) is 59.3 cm³/mol. The van der Waals surface area contributed by atoms with Gasteiger partial charge in [0.2, 0.25) is 0 Å². The second kappa shape index (κ2) is 3.99. The van der Waals surface area contributed by atoms with Gasteiger partial charge < -0.3 is 4.74 Å². The summed E-state index contributed by atoms with van der Waals surface area (Å²) in [5.41, 5.74) is 1.39. The van der Waals surface area contributed by atoms with Crippen LogP contribution in [0.2, 0.25) is 0 Å². The lowest BCUT2D eigenvalue weighted by atomic mass is 9.79. The SMILES string of the molecule is CC1(c2ccc(Br)cn2)CCOCC1. The molecular weight excluding hydrogens is 242 g/mol. The second-order valence-electron chi connectivity index (χ2n) is 4.03. The molecule has 1 aromatic heterocycles. The normalized spacial score (nSPS) is 20.7. The molecule has 0 unspecified atom stereocenters. The smallest absolute Gasteiger partial charge is 0.0475 e. The standard InChI is InChI=1S/C11H14BrNO/c1-11(4-6-14-7-5-11)10-3-2-9(12)8-13-10/h2-3,8H,4-7H2,1H3. The molecule has 1 fully saturated rings. The summed E-state index contributed by atoms with van der Waals surface area (Å²) in [4.78, 5) is 4.47. The summed E-state index contributed by atoms with van der Waals surface area (Å²) >= 11 is 3.40. The minimum atomic E-state index is 0.207. The Bertz CT molecular complexity index is 304. The molecule has 1 saturated heterocycles. The van der Waals surface area contributed by atoms with E-state index in [1.165, 1.54) is 5.69 Å². The zero-order valence-corrected chi connectivity index (χ0v) is 9.88. The number of hydrogen-bond acceptors (Lipinski definition) is 2. The molecule has 0 aromatic carbocycles. The van der Waals surface area contributed by atoms with E-state index in [9.17, 15) is 0 Å². The number of nitrogens with zero attached hydrogens (tertiary/aromatic N) is 1. The topological polar surface area (TPSA) is 22.1 Å². The molecule has 0 saturated carbocycles. The third-order valence-electron chi connectivity index (χ3n) is 2.94. The Kier molecular flexibility index (Phi) is 2.88. The second-order valence-corrected chi connectivity index (χ2v) is 4.95. The van der Waals surface area contributed by atoms with Crippen LogP contribution in [0.3, 0.4) is 0 Å². The van der Waals surface area contributed by atoms with E-state index in [-0.39, 0.29) is 5.41 Å². The van der Waals surface area contributed by atoms with E-state index in [1.54, 1.807) is 0 Å². The molecule has 1 aliphatic heterocycles. The minimum Gasteiger partial charge on any atom is -0.381 e. The zero-order valence-electron chi connectivity index (χ0n) is 8.29. The molecular formula is C11H14BrNO. The van der Waals surface area contributed by atoms with Crippen LogP contribution in [0.25, 0.3) is 0 Å². The fraction of sp³-hybridized carbons (Fsp3) is 0.545. The van der Waals surface area contributed by atoms with Crippen molar-refractivity contribution >= 4 is 15.9 Å². The largest absolute Gasteiger partial charge is 0.381 e. The van der Waals surface area contributed by atoms with Crippen LogP contribution in [-0.2, 0) is 10.2 Å². The minimum absolute atomic E-state index is 0.207. The Hall–Kier alpha value is -0.410. The average Bonchev–Trinajstić information content (AvgIpc) is 2.19. The Labute approximate surface area is 92.8 Å². The third kappa shape index (κ3) is 1.98. The molecule has 2 nitrogen and oxygen atoms in total. The lowest BCUT2D eigenvalue weighted by molar-refractivity contribution is 0.0550. The van der Waals surface area contributed by atoms with Crippen molar-refractivity contribution in [3.05, 3.63) is 28.5 Å². The Morgan fingerprint density at radius 3 is 2.64 bits per heavy atom. The maximum absolute atomic E-state index is 5.37. The van der Waals surface area contributed by atoms with Crippen LogP contribution in [0.5, 0.6) is 0 Å². The molecule has 2 rings (SSSR count). The summed E-state index contributed by atoms with van der Waals surface area (Å²) < 4.78 is 6.41. The molecule has 1 aromatic rings. The van der Waals surface area contributed by atoms with E-state index < -0.39 is 0 Å². The van der Waals surface area contributed by atoms with E-state index in [0.717, 1.165) is 30.5 Å². The Morgan fingerprint density at radius 2 is 2.07 bits per heavy atom. The first-order valence-corrected chi connectivity index (χ1v) is 5.70. The van der Waals surface area contributed by atoms with E-state index in [0.29, 0.717) is 0 Å². The number of ether oxygens (including phenoxy) is 1. The monoisotopic (exact) mass is 255 g/mol. The molecule has 0 aliphatic carbocycles. The van der Waals surface area contributed by atoms with E-state index >= 15 is 0 Å².